The van der Waals surface area contributed by atoms with Gasteiger partial charge in [0.15, 0.2) is 0 Å². The van der Waals surface area contributed by atoms with E-state index in [1.54, 1.807) is 27.3 Å². The fraction of sp³-hybridized carbons (Fsp3) is 0.364. The molecule has 1 aromatic carbocycles. The molecule has 2 N–H and O–H groups in total. The number of hydrogen-bond donors (Lipinski definition) is 2. The lowest BCUT2D eigenvalue weighted by atomic mass is 9.90. The molecule has 0 aliphatic carbocycles. The number of fused-ring (bicyclic) bond motifs is 1. The molecular weight excluding hydrogens is 398 g/mol. The Morgan fingerprint density at radius 2 is 1.97 bits per heavy atom. The number of methoxy groups -OCH3 is 1. The number of H-pyrrole nitrogens is 1. The van der Waals surface area contributed by atoms with Gasteiger partial charge in [0, 0.05) is 33.5 Å². The maximum Gasteiger partial charge on any atom is 0.276 e. The number of nitrogens with one attached hydrogen (secondary N) is 2. The van der Waals surface area contributed by atoms with Crippen LogP contribution in [0.2, 0.25) is 0 Å². The Labute approximate surface area is 179 Å². The fourth-order valence-corrected chi connectivity index (χ4v) is 3.74. The third-order valence-corrected chi connectivity index (χ3v) is 5.40. The van der Waals surface area contributed by atoms with E-state index >= 15 is 0 Å². The Morgan fingerprint density at radius 3 is 2.61 bits per heavy atom. The first kappa shape index (κ1) is 20.8. The summed E-state index contributed by atoms with van der Waals surface area (Å²) in [5, 5.41) is 2.76. The molecule has 162 valence electrons. The smallest absolute Gasteiger partial charge is 0.276 e. The lowest BCUT2D eigenvalue weighted by molar-refractivity contribution is 0.0826. The number of aromatic nitrogens is 3. The van der Waals surface area contributed by atoms with E-state index in [9.17, 15) is 9.59 Å². The molecule has 1 aliphatic rings. The Kier molecular flexibility index (Phi) is 5.85. The van der Waals surface area contributed by atoms with Crippen LogP contribution in [0, 0.1) is 0 Å². The van der Waals surface area contributed by atoms with Crippen molar-refractivity contribution in [3.63, 3.8) is 0 Å². The van der Waals surface area contributed by atoms with Crippen molar-refractivity contribution in [2.75, 3.05) is 39.7 Å². The molecule has 0 atom stereocenters. The fourth-order valence-electron chi connectivity index (χ4n) is 3.74. The molecule has 1 fully saturated rings. The number of benzene rings is 1. The molecule has 0 saturated carbocycles. The summed E-state index contributed by atoms with van der Waals surface area (Å²) >= 11 is 0. The highest BCUT2D eigenvalue weighted by Crippen LogP contribution is 2.36. The maximum atomic E-state index is 12.7. The van der Waals surface area contributed by atoms with Crippen molar-refractivity contribution in [3.05, 3.63) is 47.3 Å². The number of carbonyl (C=O) groups is 2. The molecule has 9 nitrogen and oxygen atoms in total. The van der Waals surface area contributed by atoms with Gasteiger partial charge in [0.25, 0.3) is 11.8 Å². The van der Waals surface area contributed by atoms with Crippen molar-refractivity contribution in [1.29, 1.82) is 0 Å². The topological polar surface area (TPSA) is 109 Å². The van der Waals surface area contributed by atoms with E-state index in [0.717, 1.165) is 42.7 Å². The number of pyridine rings is 1. The van der Waals surface area contributed by atoms with Crippen molar-refractivity contribution in [2.24, 2.45) is 0 Å². The Morgan fingerprint density at radius 1 is 1.19 bits per heavy atom. The van der Waals surface area contributed by atoms with Crippen LogP contribution in [0.4, 0.5) is 5.95 Å². The number of ether oxygens (including phenoxy) is 2. The zero-order chi connectivity index (χ0) is 22.0. The molecular formula is C22H25N5O4. The molecule has 0 bridgehead atoms. The van der Waals surface area contributed by atoms with Crippen LogP contribution in [-0.4, -0.2) is 66.1 Å². The van der Waals surface area contributed by atoms with Gasteiger partial charge in [-0.05, 0) is 42.5 Å². The molecule has 1 saturated heterocycles. The van der Waals surface area contributed by atoms with E-state index in [1.807, 2.05) is 12.1 Å². The van der Waals surface area contributed by atoms with Crippen LogP contribution in [0.15, 0.2) is 30.5 Å². The zero-order valence-electron chi connectivity index (χ0n) is 17.8. The van der Waals surface area contributed by atoms with Gasteiger partial charge in [-0.25, -0.2) is 4.98 Å². The molecule has 3 aromatic rings. The van der Waals surface area contributed by atoms with E-state index < -0.39 is 5.91 Å². The molecule has 4 rings (SSSR count). The summed E-state index contributed by atoms with van der Waals surface area (Å²) in [4.78, 5) is 38.0. The molecule has 9 heteroatoms. The van der Waals surface area contributed by atoms with Crippen LogP contribution in [-0.2, 0) is 4.74 Å². The first-order valence-electron chi connectivity index (χ1n) is 10.1. The van der Waals surface area contributed by atoms with Gasteiger partial charge in [-0.15, -0.1) is 0 Å². The summed E-state index contributed by atoms with van der Waals surface area (Å²) in [7, 11) is 4.92. The number of carbonyl (C=O) groups excluding carboxylic acids is 2. The lowest BCUT2D eigenvalue weighted by Crippen LogP contribution is -2.22. The third-order valence-electron chi connectivity index (χ3n) is 5.40. The van der Waals surface area contributed by atoms with Gasteiger partial charge in [0.2, 0.25) is 5.95 Å². The molecule has 0 unspecified atom stereocenters. The Hall–Kier alpha value is -3.46. The van der Waals surface area contributed by atoms with Gasteiger partial charge in [0.1, 0.15) is 17.0 Å². The Bertz CT molecular complexity index is 1100. The van der Waals surface area contributed by atoms with Gasteiger partial charge in [0.05, 0.1) is 18.2 Å². The predicted molar refractivity (Wildman–Crippen MR) is 116 cm³/mol. The monoisotopic (exact) mass is 423 g/mol. The molecule has 31 heavy (non-hydrogen) atoms. The number of aromatic amines is 1. The summed E-state index contributed by atoms with van der Waals surface area (Å²) in [6.45, 7) is 1.45. The van der Waals surface area contributed by atoms with E-state index in [2.05, 4.69) is 20.3 Å². The van der Waals surface area contributed by atoms with E-state index in [4.69, 9.17) is 9.47 Å². The van der Waals surface area contributed by atoms with Crippen molar-refractivity contribution in [1.82, 2.24) is 19.9 Å². The quantitative estimate of drug-likeness (QED) is 0.653. The van der Waals surface area contributed by atoms with Crippen LogP contribution in [0.1, 0.15) is 45.2 Å². The van der Waals surface area contributed by atoms with Crippen molar-refractivity contribution < 1.29 is 19.1 Å². The van der Waals surface area contributed by atoms with Gasteiger partial charge in [-0.1, -0.05) is 6.07 Å². The number of hydrogen-bond acceptors (Lipinski definition) is 6. The average molecular weight is 423 g/mol. The van der Waals surface area contributed by atoms with Crippen LogP contribution in [0.25, 0.3) is 11.0 Å². The average Bonchev–Trinajstić information content (AvgIpc) is 3.22. The number of amides is 2. The van der Waals surface area contributed by atoms with Gasteiger partial charge in [-0.2, -0.15) is 0 Å². The molecule has 0 radical (unpaired) electrons. The largest absolute Gasteiger partial charge is 0.494 e. The van der Waals surface area contributed by atoms with Crippen molar-refractivity contribution in [2.45, 2.75) is 18.8 Å². The second-order valence-corrected chi connectivity index (χ2v) is 7.64. The van der Waals surface area contributed by atoms with Crippen LogP contribution in [0.3, 0.4) is 0 Å². The van der Waals surface area contributed by atoms with E-state index in [0.29, 0.717) is 23.2 Å². The summed E-state index contributed by atoms with van der Waals surface area (Å²) in [6.07, 6.45) is 3.25. The van der Waals surface area contributed by atoms with Crippen molar-refractivity contribution >= 4 is 28.8 Å². The minimum atomic E-state index is -0.422. The molecule has 1 aliphatic heterocycles. The molecule has 2 amide bonds. The molecule has 2 aromatic heterocycles. The number of imidazole rings is 1. The normalized spacial score (nSPS) is 14.4. The number of anilines is 1. The zero-order valence-corrected chi connectivity index (χ0v) is 17.8. The minimum absolute atomic E-state index is 0.176. The van der Waals surface area contributed by atoms with E-state index in [-0.39, 0.29) is 11.6 Å². The summed E-state index contributed by atoms with van der Waals surface area (Å²) in [6, 6.07) is 7.04. The highest BCUT2D eigenvalue weighted by Gasteiger charge is 2.22. The second kappa shape index (κ2) is 8.73. The van der Waals surface area contributed by atoms with Crippen LogP contribution >= 0.6 is 0 Å². The summed E-state index contributed by atoms with van der Waals surface area (Å²) < 4.78 is 11.0. The highest BCUT2D eigenvalue weighted by atomic mass is 16.5. The Balaban J connectivity index is 1.59. The minimum Gasteiger partial charge on any atom is -0.494 e. The SMILES string of the molecule is COc1ccc(C2CCOCC2)c2nc(NC(=O)c3ccc(C(=O)N(C)C)cn3)[nH]c12. The first-order chi connectivity index (χ1) is 15.0. The van der Waals surface area contributed by atoms with Crippen molar-refractivity contribution in [3.8, 4) is 5.75 Å². The lowest BCUT2D eigenvalue weighted by Gasteiger charge is -2.22. The summed E-state index contributed by atoms with van der Waals surface area (Å²) in [5.41, 5.74) is 3.23. The predicted octanol–water partition coefficient (Wildman–Crippen LogP) is 2.81. The highest BCUT2D eigenvalue weighted by molar-refractivity contribution is 6.03. The van der Waals surface area contributed by atoms with Crippen LogP contribution < -0.4 is 10.1 Å². The number of rotatable bonds is 5. The van der Waals surface area contributed by atoms with Gasteiger partial charge >= 0.3 is 0 Å². The standard InChI is InChI=1S/C22H25N5O4/c1-27(2)21(29)14-4-6-16(23-12-14)20(28)26-22-24-18-15(13-8-10-31-11-9-13)5-7-17(30-3)19(18)25-22/h4-7,12-13H,8-11H2,1-3H3,(H2,24,25,26,28). The van der Waals surface area contributed by atoms with Crippen LogP contribution in [0.5, 0.6) is 5.75 Å². The summed E-state index contributed by atoms with van der Waals surface area (Å²) in [5.74, 6) is 0.716. The molecule has 0 spiro atoms. The van der Waals surface area contributed by atoms with Gasteiger partial charge < -0.3 is 19.4 Å². The third kappa shape index (κ3) is 4.22. The van der Waals surface area contributed by atoms with E-state index in [1.165, 1.54) is 17.2 Å². The number of nitrogens with zero attached hydrogens (tertiary/aromatic N) is 3. The second-order valence-electron chi connectivity index (χ2n) is 7.64. The van der Waals surface area contributed by atoms with Gasteiger partial charge in [-0.3, -0.25) is 19.9 Å². The molecule has 3 heterocycles. The first-order valence-corrected chi connectivity index (χ1v) is 10.1. The maximum absolute atomic E-state index is 12.7.